The van der Waals surface area contributed by atoms with Crippen LogP contribution in [0.2, 0.25) is 0 Å². The van der Waals surface area contributed by atoms with Gasteiger partial charge >= 0.3 is 0 Å². The largest absolute Gasteiger partial charge is 0.309 e. The SMILES string of the molecule is O=S1(=O)C=CC(NCCCF)C1. The first-order valence-corrected chi connectivity index (χ1v) is 5.56. The van der Waals surface area contributed by atoms with Crippen LogP contribution in [-0.2, 0) is 9.84 Å². The molecule has 1 unspecified atom stereocenters. The fourth-order valence-electron chi connectivity index (χ4n) is 1.06. The van der Waals surface area contributed by atoms with Gasteiger partial charge in [-0.1, -0.05) is 6.08 Å². The smallest absolute Gasteiger partial charge is 0.173 e. The number of sulfone groups is 1. The van der Waals surface area contributed by atoms with Gasteiger partial charge in [0.15, 0.2) is 9.84 Å². The molecule has 1 aliphatic rings. The van der Waals surface area contributed by atoms with E-state index in [2.05, 4.69) is 5.32 Å². The van der Waals surface area contributed by atoms with Crippen molar-refractivity contribution in [2.45, 2.75) is 12.5 Å². The average Bonchev–Trinajstić information content (AvgIpc) is 2.31. The summed E-state index contributed by atoms with van der Waals surface area (Å²) < 4.78 is 33.4. The third-order valence-electron chi connectivity index (χ3n) is 1.65. The van der Waals surface area contributed by atoms with Crippen molar-refractivity contribution in [3.05, 3.63) is 11.5 Å². The van der Waals surface area contributed by atoms with Gasteiger partial charge in [-0.2, -0.15) is 0 Å². The summed E-state index contributed by atoms with van der Waals surface area (Å²) in [7, 11) is -2.97. The van der Waals surface area contributed by atoms with Crippen LogP contribution >= 0.6 is 0 Å². The Morgan fingerprint density at radius 2 is 2.33 bits per heavy atom. The van der Waals surface area contributed by atoms with Crippen LogP contribution in [0, 0.1) is 0 Å². The minimum atomic E-state index is -2.97. The Labute approximate surface area is 71.6 Å². The van der Waals surface area contributed by atoms with Gasteiger partial charge < -0.3 is 5.32 Å². The van der Waals surface area contributed by atoms with Crippen molar-refractivity contribution in [1.29, 1.82) is 0 Å². The molecule has 0 aromatic carbocycles. The molecule has 1 N–H and O–H groups in total. The van der Waals surface area contributed by atoms with Crippen LogP contribution in [-0.4, -0.2) is 33.4 Å². The molecule has 5 heteroatoms. The Morgan fingerprint density at radius 3 is 2.83 bits per heavy atom. The highest BCUT2D eigenvalue weighted by Crippen LogP contribution is 2.07. The van der Waals surface area contributed by atoms with Gasteiger partial charge in [-0.25, -0.2) is 8.42 Å². The van der Waals surface area contributed by atoms with E-state index in [0.717, 1.165) is 0 Å². The second-order valence-electron chi connectivity index (χ2n) is 2.76. The molecule has 0 aromatic heterocycles. The molecule has 1 atom stereocenters. The van der Waals surface area contributed by atoms with Gasteiger partial charge in [-0.15, -0.1) is 0 Å². The van der Waals surface area contributed by atoms with E-state index in [4.69, 9.17) is 0 Å². The van der Waals surface area contributed by atoms with Gasteiger partial charge in [0.05, 0.1) is 12.4 Å². The second-order valence-corrected chi connectivity index (χ2v) is 4.69. The van der Waals surface area contributed by atoms with E-state index >= 15 is 0 Å². The number of halogens is 1. The maximum absolute atomic E-state index is 11.6. The van der Waals surface area contributed by atoms with Gasteiger partial charge in [0.2, 0.25) is 0 Å². The van der Waals surface area contributed by atoms with Crippen molar-refractivity contribution in [3.63, 3.8) is 0 Å². The summed E-state index contributed by atoms with van der Waals surface area (Å²) in [4.78, 5) is 0. The predicted molar refractivity (Wildman–Crippen MR) is 45.3 cm³/mol. The lowest BCUT2D eigenvalue weighted by molar-refractivity contribution is 0.455. The van der Waals surface area contributed by atoms with Crippen LogP contribution in [0.25, 0.3) is 0 Å². The summed E-state index contributed by atoms with van der Waals surface area (Å²) in [6.45, 7) is 0.164. The average molecular weight is 193 g/mol. The second kappa shape index (κ2) is 4.00. The van der Waals surface area contributed by atoms with Crippen LogP contribution in [0.5, 0.6) is 0 Å². The van der Waals surface area contributed by atoms with Gasteiger partial charge in [0, 0.05) is 11.4 Å². The van der Waals surface area contributed by atoms with Gasteiger partial charge in [-0.3, -0.25) is 4.39 Å². The molecule has 12 heavy (non-hydrogen) atoms. The van der Waals surface area contributed by atoms with E-state index in [1.165, 1.54) is 5.41 Å². The number of hydrogen-bond donors (Lipinski definition) is 1. The molecule has 0 aromatic rings. The molecule has 0 fully saturated rings. The Kier molecular flexibility index (Phi) is 3.22. The molecule has 1 rings (SSSR count). The van der Waals surface area contributed by atoms with E-state index in [-0.39, 0.29) is 18.5 Å². The molecule has 3 nitrogen and oxygen atoms in total. The highest BCUT2D eigenvalue weighted by molar-refractivity contribution is 7.94. The maximum atomic E-state index is 11.6. The standard InChI is InChI=1S/C7H12FNO2S/c8-3-1-4-9-7-2-5-12(10,11)6-7/h2,5,7,9H,1,3-4,6H2. The molecular weight excluding hydrogens is 181 g/mol. The highest BCUT2D eigenvalue weighted by Gasteiger charge is 2.20. The molecular formula is C7H12FNO2S. The molecule has 0 aliphatic carbocycles. The highest BCUT2D eigenvalue weighted by atomic mass is 32.2. The van der Waals surface area contributed by atoms with E-state index in [1.807, 2.05) is 0 Å². The van der Waals surface area contributed by atoms with Crippen molar-refractivity contribution in [3.8, 4) is 0 Å². The summed E-state index contributed by atoms with van der Waals surface area (Å²) in [6.07, 6.45) is 2.04. The molecule has 0 saturated heterocycles. The van der Waals surface area contributed by atoms with Crippen LogP contribution in [0.3, 0.4) is 0 Å². The predicted octanol–water partition coefficient (Wildman–Crippen LogP) is 0.246. The number of alkyl halides is 1. The summed E-state index contributed by atoms with van der Waals surface area (Å²) >= 11 is 0. The summed E-state index contributed by atoms with van der Waals surface area (Å²) in [5.74, 6) is 0.110. The van der Waals surface area contributed by atoms with E-state index in [1.54, 1.807) is 6.08 Å². The maximum Gasteiger partial charge on any atom is 0.173 e. The van der Waals surface area contributed by atoms with Crippen LogP contribution in [0.1, 0.15) is 6.42 Å². The first kappa shape index (κ1) is 9.67. The molecule has 0 saturated carbocycles. The molecule has 1 heterocycles. The topological polar surface area (TPSA) is 46.2 Å². The van der Waals surface area contributed by atoms with Crippen molar-refractivity contribution >= 4 is 9.84 Å². The molecule has 0 radical (unpaired) electrons. The third kappa shape index (κ3) is 2.91. The van der Waals surface area contributed by atoms with Gasteiger partial charge in [0.1, 0.15) is 0 Å². The van der Waals surface area contributed by atoms with Crippen molar-refractivity contribution in [2.75, 3.05) is 19.0 Å². The van der Waals surface area contributed by atoms with Crippen molar-refractivity contribution in [2.24, 2.45) is 0 Å². The normalized spacial score (nSPS) is 26.2. The zero-order valence-electron chi connectivity index (χ0n) is 6.66. The molecule has 0 amide bonds. The van der Waals surface area contributed by atoms with E-state index < -0.39 is 9.84 Å². The van der Waals surface area contributed by atoms with E-state index in [0.29, 0.717) is 13.0 Å². The lowest BCUT2D eigenvalue weighted by Gasteiger charge is -2.07. The van der Waals surface area contributed by atoms with Crippen molar-refractivity contribution < 1.29 is 12.8 Å². The Morgan fingerprint density at radius 1 is 1.58 bits per heavy atom. The third-order valence-corrected chi connectivity index (χ3v) is 3.04. The summed E-state index contributed by atoms with van der Waals surface area (Å²) in [5, 5.41) is 4.14. The molecule has 0 bridgehead atoms. The molecule has 0 spiro atoms. The fourth-order valence-corrected chi connectivity index (χ4v) is 2.33. The van der Waals surface area contributed by atoms with Crippen LogP contribution < -0.4 is 5.32 Å². The lowest BCUT2D eigenvalue weighted by atomic mass is 10.3. The molecule has 70 valence electrons. The zero-order valence-corrected chi connectivity index (χ0v) is 7.48. The van der Waals surface area contributed by atoms with Crippen LogP contribution in [0.4, 0.5) is 4.39 Å². The number of hydrogen-bond acceptors (Lipinski definition) is 3. The lowest BCUT2D eigenvalue weighted by Crippen LogP contribution is -2.30. The Bertz CT molecular complexity index is 261. The van der Waals surface area contributed by atoms with E-state index in [9.17, 15) is 12.8 Å². The van der Waals surface area contributed by atoms with Gasteiger partial charge in [0.25, 0.3) is 0 Å². The monoisotopic (exact) mass is 193 g/mol. The zero-order chi connectivity index (χ0) is 9.03. The Hall–Kier alpha value is -0.420. The van der Waals surface area contributed by atoms with Gasteiger partial charge in [-0.05, 0) is 13.0 Å². The first-order valence-electron chi connectivity index (χ1n) is 3.84. The Balaban J connectivity index is 2.26. The first-order chi connectivity index (χ1) is 5.64. The summed E-state index contributed by atoms with van der Waals surface area (Å²) in [5.41, 5.74) is 0. The quantitative estimate of drug-likeness (QED) is 0.651. The number of rotatable bonds is 4. The minimum Gasteiger partial charge on any atom is -0.309 e. The van der Waals surface area contributed by atoms with Crippen LogP contribution in [0.15, 0.2) is 11.5 Å². The summed E-state index contributed by atoms with van der Waals surface area (Å²) in [6, 6.07) is -0.124. The minimum absolute atomic E-state index is 0.110. The molecule has 1 aliphatic heterocycles. The number of nitrogens with one attached hydrogen (secondary N) is 1. The fraction of sp³-hybridized carbons (Fsp3) is 0.714. The van der Waals surface area contributed by atoms with Crippen molar-refractivity contribution in [1.82, 2.24) is 5.32 Å².